The third-order valence-corrected chi connectivity index (χ3v) is 7.96. The lowest BCUT2D eigenvalue weighted by molar-refractivity contribution is -0.129. The molecule has 0 unspecified atom stereocenters. The van der Waals surface area contributed by atoms with Crippen molar-refractivity contribution in [2.24, 2.45) is 22.4 Å². The molecule has 25 heavy (non-hydrogen) atoms. The Morgan fingerprint density at radius 2 is 1.96 bits per heavy atom. The number of fused-ring (bicyclic) bond motifs is 5. The second kappa shape index (κ2) is 5.55. The number of carbonyl (C=O) groups is 1. The molecule has 4 rings (SSSR count). The number of sulfonamides is 1. The number of aryl methyl sites for hydroxylation is 1. The predicted octanol–water partition coefficient (Wildman–Crippen LogP) is 2.77. The van der Waals surface area contributed by atoms with E-state index in [0.717, 1.165) is 37.7 Å². The van der Waals surface area contributed by atoms with Gasteiger partial charge in [-0.25, -0.2) is 13.6 Å². The molecular formula is C19H25NO4S. The van der Waals surface area contributed by atoms with E-state index in [1.54, 1.807) is 6.07 Å². The Morgan fingerprint density at radius 1 is 1.20 bits per heavy atom. The third kappa shape index (κ3) is 2.45. The van der Waals surface area contributed by atoms with Crippen molar-refractivity contribution < 1.29 is 17.9 Å². The lowest BCUT2D eigenvalue weighted by Gasteiger charge is -2.48. The van der Waals surface area contributed by atoms with E-state index in [1.165, 1.54) is 12.7 Å². The summed E-state index contributed by atoms with van der Waals surface area (Å²) < 4.78 is 29.2. The molecule has 1 aromatic rings. The highest BCUT2D eigenvalue weighted by Gasteiger charge is 2.54. The summed E-state index contributed by atoms with van der Waals surface area (Å²) in [7, 11) is -2.36. The second-order valence-corrected chi connectivity index (χ2v) is 9.61. The summed E-state index contributed by atoms with van der Waals surface area (Å²) in [5.41, 5.74) is 2.09. The molecule has 0 spiro atoms. The molecule has 6 heteroatoms. The summed E-state index contributed by atoms with van der Waals surface area (Å²) >= 11 is 0. The highest BCUT2D eigenvalue weighted by Crippen LogP contribution is 2.59. The van der Waals surface area contributed by atoms with E-state index in [-0.39, 0.29) is 10.3 Å². The molecule has 0 heterocycles. The summed E-state index contributed by atoms with van der Waals surface area (Å²) in [6, 6.07) is 3.58. The lowest BCUT2D eigenvalue weighted by atomic mass is 9.55. The molecule has 4 atom stereocenters. The topological polar surface area (TPSA) is 86.5 Å². The molecule has 5 nitrogen and oxygen atoms in total. The van der Waals surface area contributed by atoms with E-state index in [0.29, 0.717) is 35.7 Å². The standard InChI is InChI=1S/C19H25NO4S/c1-19-8-7-12-13(15(19)5-6-18(19)21)4-3-11-9-16(24-2)17(10-14(11)12)25(20,22)23/h9-10,12-13,15H,3-8H2,1-2H3,(H2,20,22,23)/t12-,13+,15-,19-/m0/s1. The zero-order valence-electron chi connectivity index (χ0n) is 14.7. The minimum atomic E-state index is -3.83. The van der Waals surface area contributed by atoms with Gasteiger partial charge < -0.3 is 4.74 Å². The van der Waals surface area contributed by atoms with Crippen LogP contribution >= 0.6 is 0 Å². The number of ketones is 1. The van der Waals surface area contributed by atoms with Gasteiger partial charge in [0.25, 0.3) is 0 Å². The number of benzene rings is 1. The van der Waals surface area contributed by atoms with Crippen molar-refractivity contribution in [2.75, 3.05) is 7.11 Å². The maximum Gasteiger partial charge on any atom is 0.241 e. The number of carbonyl (C=O) groups excluding carboxylic acids is 1. The van der Waals surface area contributed by atoms with Crippen molar-refractivity contribution in [3.05, 3.63) is 23.3 Å². The summed E-state index contributed by atoms with van der Waals surface area (Å²) in [6.07, 6.45) is 5.47. The fourth-order valence-electron chi connectivity index (χ4n) is 5.73. The van der Waals surface area contributed by atoms with Gasteiger partial charge in [0.2, 0.25) is 10.0 Å². The Labute approximate surface area is 149 Å². The number of nitrogens with two attached hydrogens (primary N) is 1. The fourth-order valence-corrected chi connectivity index (χ4v) is 6.44. The maximum atomic E-state index is 12.4. The van der Waals surface area contributed by atoms with Crippen LogP contribution in [0.3, 0.4) is 0 Å². The molecule has 2 saturated carbocycles. The summed E-state index contributed by atoms with van der Waals surface area (Å²) in [5, 5.41) is 5.41. The molecule has 0 amide bonds. The molecular weight excluding hydrogens is 338 g/mol. The van der Waals surface area contributed by atoms with Crippen LogP contribution in [0.5, 0.6) is 5.75 Å². The number of hydrogen-bond donors (Lipinski definition) is 1. The lowest BCUT2D eigenvalue weighted by Crippen LogP contribution is -2.42. The van der Waals surface area contributed by atoms with Crippen LogP contribution in [-0.2, 0) is 21.2 Å². The van der Waals surface area contributed by atoms with Gasteiger partial charge in [0, 0.05) is 11.8 Å². The van der Waals surface area contributed by atoms with Crippen molar-refractivity contribution in [1.82, 2.24) is 0 Å². The van der Waals surface area contributed by atoms with Gasteiger partial charge in [0.15, 0.2) is 0 Å². The zero-order chi connectivity index (χ0) is 18.0. The monoisotopic (exact) mass is 363 g/mol. The van der Waals surface area contributed by atoms with Gasteiger partial charge in [-0.3, -0.25) is 4.79 Å². The molecule has 3 aliphatic carbocycles. The van der Waals surface area contributed by atoms with E-state index in [2.05, 4.69) is 6.92 Å². The number of primary sulfonamides is 1. The van der Waals surface area contributed by atoms with Crippen LogP contribution in [0, 0.1) is 17.3 Å². The normalized spacial score (nSPS) is 34.2. The van der Waals surface area contributed by atoms with E-state index in [1.807, 2.05) is 6.07 Å². The van der Waals surface area contributed by atoms with Gasteiger partial charge in [-0.15, -0.1) is 0 Å². The summed E-state index contributed by atoms with van der Waals surface area (Å²) in [4.78, 5) is 12.5. The van der Waals surface area contributed by atoms with Crippen LogP contribution in [0.4, 0.5) is 0 Å². The van der Waals surface area contributed by atoms with Crippen molar-refractivity contribution in [2.45, 2.75) is 56.3 Å². The van der Waals surface area contributed by atoms with Crippen molar-refractivity contribution in [3.63, 3.8) is 0 Å². The van der Waals surface area contributed by atoms with E-state index < -0.39 is 10.0 Å². The van der Waals surface area contributed by atoms with Crippen molar-refractivity contribution in [1.29, 1.82) is 0 Å². The Morgan fingerprint density at radius 3 is 2.64 bits per heavy atom. The molecule has 0 radical (unpaired) electrons. The van der Waals surface area contributed by atoms with Crippen molar-refractivity contribution in [3.8, 4) is 5.75 Å². The molecule has 0 bridgehead atoms. The number of Topliss-reactive ketones (excluding diaryl/α,β-unsaturated/α-hetero) is 1. The van der Waals surface area contributed by atoms with Crippen LogP contribution < -0.4 is 9.88 Å². The summed E-state index contributed by atoms with van der Waals surface area (Å²) in [6.45, 7) is 2.14. The Hall–Kier alpha value is -1.40. The highest BCUT2D eigenvalue weighted by molar-refractivity contribution is 7.89. The molecule has 2 fully saturated rings. The largest absolute Gasteiger partial charge is 0.495 e. The quantitative estimate of drug-likeness (QED) is 0.875. The van der Waals surface area contributed by atoms with Crippen LogP contribution in [0.2, 0.25) is 0 Å². The number of rotatable bonds is 2. The van der Waals surface area contributed by atoms with Gasteiger partial charge in [-0.2, -0.15) is 0 Å². The van der Waals surface area contributed by atoms with Crippen LogP contribution in [0.1, 0.15) is 56.1 Å². The summed E-state index contributed by atoms with van der Waals surface area (Å²) in [5.74, 6) is 1.95. The highest BCUT2D eigenvalue weighted by atomic mass is 32.2. The first-order chi connectivity index (χ1) is 11.8. The molecule has 0 saturated heterocycles. The molecule has 0 aromatic heterocycles. The first kappa shape index (κ1) is 17.0. The van der Waals surface area contributed by atoms with Gasteiger partial charge in [-0.05, 0) is 73.1 Å². The van der Waals surface area contributed by atoms with Crippen LogP contribution in [0.25, 0.3) is 0 Å². The Balaban J connectivity index is 1.79. The minimum absolute atomic E-state index is 0.0743. The molecule has 2 N–H and O–H groups in total. The number of methoxy groups -OCH3 is 1. The minimum Gasteiger partial charge on any atom is -0.495 e. The average Bonchev–Trinajstić information content (AvgIpc) is 2.88. The number of hydrogen-bond acceptors (Lipinski definition) is 4. The first-order valence-electron chi connectivity index (χ1n) is 9.02. The van der Waals surface area contributed by atoms with Crippen LogP contribution in [-0.4, -0.2) is 21.3 Å². The van der Waals surface area contributed by atoms with E-state index >= 15 is 0 Å². The fraction of sp³-hybridized carbons (Fsp3) is 0.632. The van der Waals surface area contributed by atoms with Crippen LogP contribution in [0.15, 0.2) is 17.0 Å². The van der Waals surface area contributed by atoms with Crippen molar-refractivity contribution >= 4 is 15.8 Å². The van der Waals surface area contributed by atoms with E-state index in [9.17, 15) is 13.2 Å². The van der Waals surface area contributed by atoms with Gasteiger partial charge in [0.05, 0.1) is 7.11 Å². The second-order valence-electron chi connectivity index (χ2n) is 8.08. The molecule has 136 valence electrons. The Kier molecular flexibility index (Phi) is 3.78. The average molecular weight is 363 g/mol. The molecule has 3 aliphatic rings. The Bertz CT molecular complexity index is 847. The number of ether oxygens (including phenoxy) is 1. The van der Waals surface area contributed by atoms with Gasteiger partial charge in [0.1, 0.15) is 16.4 Å². The smallest absolute Gasteiger partial charge is 0.241 e. The third-order valence-electron chi connectivity index (χ3n) is 7.02. The first-order valence-corrected chi connectivity index (χ1v) is 10.6. The van der Waals surface area contributed by atoms with Gasteiger partial charge in [-0.1, -0.05) is 6.92 Å². The molecule has 1 aromatic carbocycles. The SMILES string of the molecule is COc1cc2c(cc1S(N)(=O)=O)[C@H]1CC[C@]3(C)C(=O)CC[C@H]3[C@@H]1CC2. The molecule has 0 aliphatic heterocycles. The zero-order valence-corrected chi connectivity index (χ0v) is 15.6. The van der Waals surface area contributed by atoms with Gasteiger partial charge >= 0.3 is 0 Å². The van der Waals surface area contributed by atoms with E-state index in [4.69, 9.17) is 9.88 Å². The predicted molar refractivity (Wildman–Crippen MR) is 94.0 cm³/mol. The maximum absolute atomic E-state index is 12.4.